The van der Waals surface area contributed by atoms with Gasteiger partial charge in [-0.3, -0.25) is 0 Å². The van der Waals surface area contributed by atoms with Gasteiger partial charge in [-0.25, -0.2) is 0 Å². The highest BCUT2D eigenvalue weighted by Crippen LogP contribution is 2.40. The zero-order chi connectivity index (χ0) is 15.0. The van der Waals surface area contributed by atoms with Gasteiger partial charge in [0.15, 0.2) is 0 Å². The summed E-state index contributed by atoms with van der Waals surface area (Å²) < 4.78 is 12.2. The second-order valence-corrected chi connectivity index (χ2v) is 6.30. The largest absolute Gasteiger partial charge is 0.503 e. The maximum Gasteiger partial charge on any atom is 0.503 e. The first-order valence-electron chi connectivity index (χ1n) is 7.11. The van der Waals surface area contributed by atoms with Crippen LogP contribution in [0.25, 0.3) is 5.47 Å². The molecule has 0 atom stereocenters. The summed E-state index contributed by atoms with van der Waals surface area (Å²) >= 11 is 0. The van der Waals surface area contributed by atoms with E-state index in [1.807, 2.05) is 13.0 Å². The van der Waals surface area contributed by atoms with E-state index in [1.54, 1.807) is 0 Å². The molecule has 106 valence electrons. The summed E-state index contributed by atoms with van der Waals surface area (Å²) in [5, 5.41) is 0. The topological polar surface area (TPSA) is 18.5 Å². The third-order valence-electron chi connectivity index (χ3n) is 4.15. The number of hydrogen-bond acceptors (Lipinski definition) is 2. The van der Waals surface area contributed by atoms with Crippen molar-refractivity contribution in [1.29, 1.82) is 0 Å². The highest BCUT2D eigenvalue weighted by Gasteiger charge is 2.52. The summed E-state index contributed by atoms with van der Waals surface area (Å²) in [4.78, 5) is 0. The SMILES string of the molecule is CC=C=C(B1OC(C)(C)C(C)(C)O1)c1ccc(C)cc1. The van der Waals surface area contributed by atoms with E-state index in [1.165, 1.54) is 5.56 Å². The van der Waals surface area contributed by atoms with Crippen LogP contribution in [0.15, 0.2) is 36.1 Å². The van der Waals surface area contributed by atoms with Crippen LogP contribution in [0.2, 0.25) is 0 Å². The molecule has 1 aliphatic rings. The molecule has 0 N–H and O–H groups in total. The van der Waals surface area contributed by atoms with E-state index in [-0.39, 0.29) is 18.3 Å². The maximum absolute atomic E-state index is 6.12. The number of aryl methyl sites for hydroxylation is 1. The van der Waals surface area contributed by atoms with Gasteiger partial charge < -0.3 is 9.31 Å². The fourth-order valence-electron chi connectivity index (χ4n) is 2.14. The predicted molar refractivity (Wildman–Crippen MR) is 84.4 cm³/mol. The predicted octanol–water partition coefficient (Wildman–Crippen LogP) is 4.18. The quantitative estimate of drug-likeness (QED) is 0.592. The van der Waals surface area contributed by atoms with Crippen LogP contribution >= 0.6 is 0 Å². The zero-order valence-electron chi connectivity index (χ0n) is 13.3. The van der Waals surface area contributed by atoms with Crippen molar-refractivity contribution in [2.45, 2.75) is 52.7 Å². The van der Waals surface area contributed by atoms with Crippen LogP contribution in [0.3, 0.4) is 0 Å². The van der Waals surface area contributed by atoms with Crippen molar-refractivity contribution in [3.8, 4) is 0 Å². The number of allylic oxidation sites excluding steroid dienone is 1. The molecule has 1 aliphatic heterocycles. The molecule has 0 unspecified atom stereocenters. The smallest absolute Gasteiger partial charge is 0.399 e. The van der Waals surface area contributed by atoms with Crippen molar-refractivity contribution >= 4 is 12.6 Å². The van der Waals surface area contributed by atoms with Crippen molar-refractivity contribution in [3.63, 3.8) is 0 Å². The lowest BCUT2D eigenvalue weighted by atomic mass is 9.74. The van der Waals surface area contributed by atoms with Gasteiger partial charge in [-0.1, -0.05) is 29.8 Å². The molecule has 0 amide bonds. The van der Waals surface area contributed by atoms with E-state index in [2.05, 4.69) is 64.6 Å². The zero-order valence-corrected chi connectivity index (χ0v) is 13.3. The molecule has 0 spiro atoms. The fraction of sp³-hybridized carbons (Fsp3) is 0.471. The Bertz CT molecular complexity index is 533. The van der Waals surface area contributed by atoms with Crippen LogP contribution in [0, 0.1) is 6.92 Å². The summed E-state index contributed by atoms with van der Waals surface area (Å²) in [6, 6.07) is 8.37. The van der Waals surface area contributed by atoms with Gasteiger partial charge in [0.2, 0.25) is 0 Å². The van der Waals surface area contributed by atoms with Gasteiger partial charge in [0.1, 0.15) is 0 Å². The number of rotatable bonds is 2. The second-order valence-electron chi connectivity index (χ2n) is 6.30. The molecule has 1 heterocycles. The Morgan fingerprint density at radius 1 is 1.05 bits per heavy atom. The molecule has 1 saturated heterocycles. The minimum Gasteiger partial charge on any atom is -0.399 e. The lowest BCUT2D eigenvalue weighted by Gasteiger charge is -2.32. The fourth-order valence-corrected chi connectivity index (χ4v) is 2.14. The summed E-state index contributed by atoms with van der Waals surface area (Å²) in [6.45, 7) is 12.3. The van der Waals surface area contributed by atoms with Gasteiger partial charge in [0.25, 0.3) is 0 Å². The van der Waals surface area contributed by atoms with E-state index in [0.29, 0.717) is 0 Å². The Kier molecular flexibility index (Phi) is 3.97. The van der Waals surface area contributed by atoms with Crippen LogP contribution in [0.4, 0.5) is 0 Å². The lowest BCUT2D eigenvalue weighted by Crippen LogP contribution is -2.41. The number of benzene rings is 1. The molecule has 0 saturated carbocycles. The summed E-state index contributed by atoms with van der Waals surface area (Å²) in [5.41, 5.74) is 5.90. The summed E-state index contributed by atoms with van der Waals surface area (Å²) in [6.07, 6.45) is 1.90. The van der Waals surface area contributed by atoms with Crippen LogP contribution in [-0.2, 0) is 9.31 Å². The van der Waals surface area contributed by atoms with Gasteiger partial charge in [-0.15, -0.1) is 5.73 Å². The Balaban J connectivity index is 2.38. The molecule has 0 bridgehead atoms. The van der Waals surface area contributed by atoms with E-state index in [4.69, 9.17) is 9.31 Å². The Morgan fingerprint density at radius 3 is 2.00 bits per heavy atom. The monoisotopic (exact) mass is 270 g/mol. The summed E-state index contributed by atoms with van der Waals surface area (Å²) in [5.74, 6) is 0. The summed E-state index contributed by atoms with van der Waals surface area (Å²) in [7, 11) is -0.376. The molecule has 1 fully saturated rings. The highest BCUT2D eigenvalue weighted by atomic mass is 16.7. The molecule has 1 aromatic carbocycles. The molecule has 20 heavy (non-hydrogen) atoms. The van der Waals surface area contributed by atoms with Crippen molar-refractivity contribution < 1.29 is 9.31 Å². The highest BCUT2D eigenvalue weighted by molar-refractivity contribution is 6.68. The molecule has 2 rings (SSSR count). The van der Waals surface area contributed by atoms with Crippen LogP contribution < -0.4 is 0 Å². The van der Waals surface area contributed by atoms with Crippen LogP contribution in [0.5, 0.6) is 0 Å². The van der Waals surface area contributed by atoms with Crippen molar-refractivity contribution in [2.24, 2.45) is 0 Å². The first kappa shape index (κ1) is 15.1. The minimum absolute atomic E-state index is 0.330. The molecule has 0 radical (unpaired) electrons. The van der Waals surface area contributed by atoms with E-state index >= 15 is 0 Å². The lowest BCUT2D eigenvalue weighted by molar-refractivity contribution is 0.00578. The Hall–Kier alpha value is -1.28. The van der Waals surface area contributed by atoms with Crippen LogP contribution in [0.1, 0.15) is 45.7 Å². The van der Waals surface area contributed by atoms with Gasteiger partial charge >= 0.3 is 7.12 Å². The molecule has 0 aromatic heterocycles. The average molecular weight is 270 g/mol. The maximum atomic E-state index is 6.12. The Morgan fingerprint density at radius 2 is 1.55 bits per heavy atom. The second kappa shape index (κ2) is 5.25. The third-order valence-corrected chi connectivity index (χ3v) is 4.15. The molecule has 0 aliphatic carbocycles. The first-order valence-corrected chi connectivity index (χ1v) is 7.11. The first-order chi connectivity index (χ1) is 9.27. The standard InChI is InChI=1S/C17H23BO2/c1-7-8-15(14-11-9-13(2)10-12-14)18-19-16(3,4)17(5,6)20-18/h7,9-12H,1-6H3. The van der Waals surface area contributed by atoms with E-state index in [0.717, 1.165) is 11.0 Å². The Labute approximate surface area is 122 Å². The molecule has 3 heteroatoms. The molecular formula is C17H23BO2. The van der Waals surface area contributed by atoms with Crippen molar-refractivity contribution in [1.82, 2.24) is 0 Å². The van der Waals surface area contributed by atoms with Gasteiger partial charge in [0.05, 0.1) is 11.2 Å². The van der Waals surface area contributed by atoms with Crippen molar-refractivity contribution in [3.05, 3.63) is 47.2 Å². The number of hydrogen-bond donors (Lipinski definition) is 0. The van der Waals surface area contributed by atoms with Gasteiger partial charge in [-0.05, 0) is 53.2 Å². The van der Waals surface area contributed by atoms with Gasteiger partial charge in [-0.2, -0.15) is 0 Å². The van der Waals surface area contributed by atoms with Crippen molar-refractivity contribution in [2.75, 3.05) is 0 Å². The molecule has 2 nitrogen and oxygen atoms in total. The van der Waals surface area contributed by atoms with E-state index in [9.17, 15) is 0 Å². The molecular weight excluding hydrogens is 247 g/mol. The minimum atomic E-state index is -0.376. The third kappa shape index (κ3) is 2.76. The van der Waals surface area contributed by atoms with Gasteiger partial charge in [0, 0.05) is 5.47 Å². The normalized spacial score (nSPS) is 19.6. The molecule has 1 aromatic rings. The van der Waals surface area contributed by atoms with E-state index < -0.39 is 0 Å². The average Bonchev–Trinajstić information content (AvgIpc) is 2.57. The van der Waals surface area contributed by atoms with Crippen LogP contribution in [-0.4, -0.2) is 18.3 Å².